The van der Waals surface area contributed by atoms with Gasteiger partial charge in [0.05, 0.1) is 13.7 Å². The molecule has 0 radical (unpaired) electrons. The molecule has 0 saturated carbocycles. The zero-order valence-electron chi connectivity index (χ0n) is 13.5. The van der Waals surface area contributed by atoms with Gasteiger partial charge in [-0.25, -0.2) is 0 Å². The Hall–Kier alpha value is -1.22. The second-order valence-corrected chi connectivity index (χ2v) is 5.45. The van der Waals surface area contributed by atoms with Gasteiger partial charge in [-0.3, -0.25) is 0 Å². The highest BCUT2D eigenvalue weighted by atomic mass is 16.5. The molecule has 0 bridgehead atoms. The minimum absolute atomic E-state index is 0.530. The molecule has 0 aliphatic carbocycles. The third kappa shape index (κ3) is 5.41. The summed E-state index contributed by atoms with van der Waals surface area (Å²) in [6.07, 6.45) is 2.45. The fraction of sp³-hybridized carbons (Fsp3) is 0.647. The summed E-state index contributed by atoms with van der Waals surface area (Å²) in [6.45, 7) is 10.3. The molecule has 3 nitrogen and oxygen atoms in total. The predicted octanol–water partition coefficient (Wildman–Crippen LogP) is 4.01. The van der Waals surface area contributed by atoms with E-state index in [9.17, 15) is 0 Å². The van der Waals surface area contributed by atoms with Crippen molar-refractivity contribution in [2.24, 2.45) is 5.92 Å². The van der Waals surface area contributed by atoms with E-state index in [-0.39, 0.29) is 0 Å². The average Bonchev–Trinajstić information content (AvgIpc) is 2.45. The number of benzene rings is 1. The molecule has 0 aliphatic heterocycles. The van der Waals surface area contributed by atoms with Gasteiger partial charge in [-0.1, -0.05) is 26.3 Å². The van der Waals surface area contributed by atoms with Crippen molar-refractivity contribution >= 4 is 0 Å². The zero-order chi connectivity index (χ0) is 15.0. The van der Waals surface area contributed by atoms with Crippen LogP contribution in [0.2, 0.25) is 0 Å². The second-order valence-electron chi connectivity index (χ2n) is 5.45. The Morgan fingerprint density at radius 2 is 1.90 bits per heavy atom. The smallest absolute Gasteiger partial charge is 0.161 e. The molecule has 1 aromatic carbocycles. The van der Waals surface area contributed by atoms with Gasteiger partial charge in [-0.2, -0.15) is 0 Å². The predicted molar refractivity (Wildman–Crippen MR) is 84.5 cm³/mol. The molecular weight excluding hydrogens is 250 g/mol. The Morgan fingerprint density at radius 3 is 2.50 bits per heavy atom. The van der Waals surface area contributed by atoms with Crippen molar-refractivity contribution in [1.29, 1.82) is 0 Å². The Balaban J connectivity index is 2.57. The van der Waals surface area contributed by atoms with Crippen molar-refractivity contribution in [3.05, 3.63) is 23.8 Å². The largest absolute Gasteiger partial charge is 0.493 e. The lowest BCUT2D eigenvalue weighted by Crippen LogP contribution is -2.27. The molecular formula is C17H29NO2. The van der Waals surface area contributed by atoms with Crippen LogP contribution in [-0.4, -0.2) is 19.8 Å². The molecule has 0 amide bonds. The average molecular weight is 279 g/mol. The molecule has 20 heavy (non-hydrogen) atoms. The normalized spacial score (nSPS) is 13.8. The number of hydrogen-bond acceptors (Lipinski definition) is 3. The molecule has 0 fully saturated rings. The third-order valence-electron chi connectivity index (χ3n) is 3.64. The Morgan fingerprint density at radius 1 is 1.15 bits per heavy atom. The van der Waals surface area contributed by atoms with E-state index in [0.29, 0.717) is 12.6 Å². The quantitative estimate of drug-likeness (QED) is 0.741. The fourth-order valence-corrected chi connectivity index (χ4v) is 2.25. The maximum absolute atomic E-state index is 5.60. The van der Waals surface area contributed by atoms with E-state index < -0.39 is 0 Å². The molecule has 1 N–H and O–H groups in total. The summed E-state index contributed by atoms with van der Waals surface area (Å²) in [7, 11) is 1.67. The monoisotopic (exact) mass is 279 g/mol. The van der Waals surface area contributed by atoms with E-state index in [1.54, 1.807) is 7.11 Å². The van der Waals surface area contributed by atoms with Crippen molar-refractivity contribution < 1.29 is 9.47 Å². The Labute approximate surface area is 123 Å². The van der Waals surface area contributed by atoms with Crippen LogP contribution >= 0.6 is 0 Å². The summed E-state index contributed by atoms with van der Waals surface area (Å²) in [6, 6.07) is 6.65. The minimum atomic E-state index is 0.530. The molecule has 114 valence electrons. The summed E-state index contributed by atoms with van der Waals surface area (Å²) < 4.78 is 10.9. The maximum Gasteiger partial charge on any atom is 0.161 e. The first kappa shape index (κ1) is 16.8. The van der Waals surface area contributed by atoms with Crippen LogP contribution in [0.4, 0.5) is 0 Å². The highest BCUT2D eigenvalue weighted by Gasteiger charge is 2.08. The van der Waals surface area contributed by atoms with Gasteiger partial charge < -0.3 is 14.8 Å². The van der Waals surface area contributed by atoms with Crippen LogP contribution in [0.5, 0.6) is 11.5 Å². The lowest BCUT2D eigenvalue weighted by Gasteiger charge is -2.18. The third-order valence-corrected chi connectivity index (χ3v) is 3.64. The Bertz CT molecular complexity index is 393. The van der Waals surface area contributed by atoms with Gasteiger partial charge in [0.2, 0.25) is 0 Å². The van der Waals surface area contributed by atoms with Crippen molar-refractivity contribution in [1.82, 2.24) is 5.32 Å². The first-order chi connectivity index (χ1) is 9.60. The standard InChI is InChI=1S/C17H29NO2/c1-6-13(3)10-14(4)18-12-15-8-9-16(19-5)17(11-15)20-7-2/h8-9,11,13-14,18H,6-7,10,12H2,1-5H3. The van der Waals surface area contributed by atoms with E-state index in [1.165, 1.54) is 18.4 Å². The lowest BCUT2D eigenvalue weighted by molar-refractivity contribution is 0.310. The van der Waals surface area contributed by atoms with Crippen molar-refractivity contribution in [3.8, 4) is 11.5 Å². The summed E-state index contributed by atoms with van der Waals surface area (Å²) in [4.78, 5) is 0. The molecule has 0 saturated heterocycles. The molecule has 0 aliphatic rings. The van der Waals surface area contributed by atoms with E-state index >= 15 is 0 Å². The molecule has 2 atom stereocenters. The number of hydrogen-bond donors (Lipinski definition) is 1. The SMILES string of the molecule is CCOc1cc(CNC(C)CC(C)CC)ccc1OC. The van der Waals surface area contributed by atoms with Crippen LogP contribution in [0.1, 0.15) is 46.1 Å². The van der Waals surface area contributed by atoms with Gasteiger partial charge in [0.1, 0.15) is 0 Å². The fourth-order valence-electron chi connectivity index (χ4n) is 2.25. The summed E-state index contributed by atoms with van der Waals surface area (Å²) in [5.41, 5.74) is 1.23. The molecule has 0 heterocycles. The Kier molecular flexibility index (Phi) is 7.45. The van der Waals surface area contributed by atoms with Crippen molar-refractivity contribution in [3.63, 3.8) is 0 Å². The van der Waals surface area contributed by atoms with Crippen molar-refractivity contribution in [2.45, 2.75) is 53.1 Å². The van der Waals surface area contributed by atoms with Crippen LogP contribution in [-0.2, 0) is 6.54 Å². The lowest BCUT2D eigenvalue weighted by atomic mass is 10.0. The van der Waals surface area contributed by atoms with Gasteiger partial charge in [0, 0.05) is 12.6 Å². The zero-order valence-corrected chi connectivity index (χ0v) is 13.5. The molecule has 1 aromatic rings. The van der Waals surface area contributed by atoms with Gasteiger partial charge in [-0.05, 0) is 43.9 Å². The number of ether oxygens (including phenoxy) is 2. The van der Waals surface area contributed by atoms with E-state index in [4.69, 9.17) is 9.47 Å². The van der Waals surface area contributed by atoms with E-state index in [0.717, 1.165) is 24.0 Å². The van der Waals surface area contributed by atoms with E-state index in [1.807, 2.05) is 13.0 Å². The number of nitrogens with one attached hydrogen (secondary N) is 1. The van der Waals surface area contributed by atoms with Crippen LogP contribution in [0, 0.1) is 5.92 Å². The van der Waals surface area contributed by atoms with Gasteiger partial charge in [0.25, 0.3) is 0 Å². The number of methoxy groups -OCH3 is 1. The van der Waals surface area contributed by atoms with Gasteiger partial charge in [0.15, 0.2) is 11.5 Å². The highest BCUT2D eigenvalue weighted by molar-refractivity contribution is 5.42. The molecule has 3 heteroatoms. The van der Waals surface area contributed by atoms with Crippen LogP contribution in [0.3, 0.4) is 0 Å². The second kappa shape index (κ2) is 8.85. The maximum atomic E-state index is 5.60. The number of rotatable bonds is 9. The minimum Gasteiger partial charge on any atom is -0.493 e. The van der Waals surface area contributed by atoms with Crippen LogP contribution < -0.4 is 14.8 Å². The van der Waals surface area contributed by atoms with Crippen LogP contribution in [0.25, 0.3) is 0 Å². The highest BCUT2D eigenvalue weighted by Crippen LogP contribution is 2.28. The van der Waals surface area contributed by atoms with Gasteiger partial charge in [-0.15, -0.1) is 0 Å². The topological polar surface area (TPSA) is 30.5 Å². The molecule has 1 rings (SSSR count). The summed E-state index contributed by atoms with van der Waals surface area (Å²) in [5, 5.41) is 3.57. The first-order valence-electron chi connectivity index (χ1n) is 7.63. The molecule has 0 spiro atoms. The first-order valence-corrected chi connectivity index (χ1v) is 7.63. The summed E-state index contributed by atoms with van der Waals surface area (Å²) >= 11 is 0. The van der Waals surface area contributed by atoms with E-state index in [2.05, 4.69) is 38.2 Å². The van der Waals surface area contributed by atoms with Crippen LogP contribution in [0.15, 0.2) is 18.2 Å². The summed E-state index contributed by atoms with van der Waals surface area (Å²) in [5.74, 6) is 2.39. The van der Waals surface area contributed by atoms with Gasteiger partial charge >= 0.3 is 0 Å². The van der Waals surface area contributed by atoms with Crippen molar-refractivity contribution in [2.75, 3.05) is 13.7 Å². The molecule has 0 aromatic heterocycles. The molecule has 2 unspecified atom stereocenters.